The quantitative estimate of drug-likeness (QED) is 0.849. The highest BCUT2D eigenvalue weighted by Crippen LogP contribution is 2.46. The van der Waals surface area contributed by atoms with Gasteiger partial charge in [-0.3, -0.25) is 4.79 Å². The fourth-order valence-electron chi connectivity index (χ4n) is 3.15. The van der Waals surface area contributed by atoms with E-state index in [4.69, 9.17) is 0 Å². The summed E-state index contributed by atoms with van der Waals surface area (Å²) in [6, 6.07) is -0.240. The number of rotatable bonds is 7. The Bertz CT molecular complexity index is 711. The molecule has 0 aliphatic heterocycles. The Hall–Kier alpha value is -2.11. The molecule has 2 aromatic heterocycles. The van der Waals surface area contributed by atoms with E-state index in [1.165, 1.54) is 0 Å². The third kappa shape index (κ3) is 3.37. The second-order valence-electron chi connectivity index (χ2n) is 7.34. The minimum Gasteiger partial charge on any atom is -0.354 e. The maximum atomic E-state index is 12.6. The van der Waals surface area contributed by atoms with E-state index in [0.29, 0.717) is 5.92 Å². The van der Waals surface area contributed by atoms with Crippen molar-refractivity contribution >= 4 is 5.91 Å². The standard InChI is InChI=1S/C18H27N5O/c1-13(2)16-20-8-10-23(16)14(3)17(24)21-11-18(5-6-18)12-22-9-7-19-15(22)4/h7-10,13-14H,5-6,11-12H2,1-4H3,(H,21,24). The van der Waals surface area contributed by atoms with Gasteiger partial charge in [-0.15, -0.1) is 0 Å². The van der Waals surface area contributed by atoms with E-state index in [1.807, 2.05) is 37.0 Å². The number of nitrogens with one attached hydrogen (secondary N) is 1. The molecule has 1 atom stereocenters. The van der Waals surface area contributed by atoms with E-state index in [9.17, 15) is 4.79 Å². The molecule has 0 aromatic carbocycles. The Morgan fingerprint density at radius 1 is 1.25 bits per heavy atom. The predicted octanol–water partition coefficient (Wildman–Crippen LogP) is 2.67. The molecule has 6 nitrogen and oxygen atoms in total. The average molecular weight is 329 g/mol. The van der Waals surface area contributed by atoms with Crippen molar-refractivity contribution in [2.24, 2.45) is 5.41 Å². The van der Waals surface area contributed by atoms with Crippen molar-refractivity contribution in [3.8, 4) is 0 Å². The smallest absolute Gasteiger partial charge is 0.242 e. The van der Waals surface area contributed by atoms with Gasteiger partial charge in [-0.2, -0.15) is 0 Å². The summed E-state index contributed by atoms with van der Waals surface area (Å²) in [5.74, 6) is 2.34. The Kier molecular flexibility index (Phi) is 4.47. The van der Waals surface area contributed by atoms with Crippen LogP contribution in [-0.4, -0.2) is 31.6 Å². The molecule has 6 heteroatoms. The molecular weight excluding hydrogens is 302 g/mol. The van der Waals surface area contributed by atoms with Crippen molar-refractivity contribution in [3.63, 3.8) is 0 Å². The molecule has 0 spiro atoms. The average Bonchev–Trinajstić information content (AvgIpc) is 2.95. The molecule has 1 aliphatic rings. The van der Waals surface area contributed by atoms with Gasteiger partial charge in [-0.1, -0.05) is 13.8 Å². The van der Waals surface area contributed by atoms with Gasteiger partial charge in [0.1, 0.15) is 17.7 Å². The Balaban J connectivity index is 1.59. The van der Waals surface area contributed by atoms with Gasteiger partial charge in [0, 0.05) is 49.2 Å². The van der Waals surface area contributed by atoms with Crippen molar-refractivity contribution in [2.75, 3.05) is 6.54 Å². The fourth-order valence-corrected chi connectivity index (χ4v) is 3.15. The van der Waals surface area contributed by atoms with Crippen LogP contribution < -0.4 is 5.32 Å². The zero-order chi connectivity index (χ0) is 17.3. The Morgan fingerprint density at radius 2 is 1.96 bits per heavy atom. The molecule has 1 fully saturated rings. The summed E-state index contributed by atoms with van der Waals surface area (Å²) < 4.78 is 4.15. The number of carbonyl (C=O) groups excluding carboxylic acids is 1. The van der Waals surface area contributed by atoms with E-state index < -0.39 is 0 Å². The van der Waals surface area contributed by atoms with Crippen LogP contribution in [0, 0.1) is 12.3 Å². The highest BCUT2D eigenvalue weighted by atomic mass is 16.2. The van der Waals surface area contributed by atoms with Crippen molar-refractivity contribution in [1.82, 2.24) is 24.4 Å². The molecule has 1 unspecified atom stereocenters. The molecule has 2 aromatic rings. The summed E-state index contributed by atoms with van der Waals surface area (Å²) in [7, 11) is 0. The molecule has 1 N–H and O–H groups in total. The van der Waals surface area contributed by atoms with Crippen LogP contribution in [0.3, 0.4) is 0 Å². The zero-order valence-electron chi connectivity index (χ0n) is 15.0. The van der Waals surface area contributed by atoms with Gasteiger partial charge in [0.05, 0.1) is 0 Å². The predicted molar refractivity (Wildman–Crippen MR) is 92.7 cm³/mol. The van der Waals surface area contributed by atoms with Crippen molar-refractivity contribution in [1.29, 1.82) is 0 Å². The first kappa shape index (κ1) is 16.7. The fraction of sp³-hybridized carbons (Fsp3) is 0.611. The number of hydrogen-bond acceptors (Lipinski definition) is 3. The molecule has 1 amide bonds. The largest absolute Gasteiger partial charge is 0.354 e. The summed E-state index contributed by atoms with van der Waals surface area (Å²) >= 11 is 0. The van der Waals surface area contributed by atoms with Crippen molar-refractivity contribution in [3.05, 3.63) is 36.4 Å². The first-order chi connectivity index (χ1) is 11.4. The Morgan fingerprint density at radius 3 is 2.54 bits per heavy atom. The molecule has 0 bridgehead atoms. The number of imidazole rings is 2. The van der Waals surface area contributed by atoms with Gasteiger partial charge < -0.3 is 14.5 Å². The first-order valence-electron chi connectivity index (χ1n) is 8.70. The van der Waals surface area contributed by atoms with E-state index >= 15 is 0 Å². The van der Waals surface area contributed by atoms with Crippen LogP contribution in [0.4, 0.5) is 0 Å². The highest BCUT2D eigenvalue weighted by Gasteiger charge is 2.43. The summed E-state index contributed by atoms with van der Waals surface area (Å²) in [4.78, 5) is 21.2. The van der Waals surface area contributed by atoms with E-state index in [-0.39, 0.29) is 17.4 Å². The second kappa shape index (κ2) is 6.42. The number of amides is 1. The number of hydrogen-bond donors (Lipinski definition) is 1. The lowest BCUT2D eigenvalue weighted by Gasteiger charge is -2.21. The monoisotopic (exact) mass is 329 g/mol. The second-order valence-corrected chi connectivity index (χ2v) is 7.34. The van der Waals surface area contributed by atoms with Crippen molar-refractivity contribution in [2.45, 2.75) is 59.0 Å². The highest BCUT2D eigenvalue weighted by molar-refractivity contribution is 5.80. The van der Waals surface area contributed by atoms with Gasteiger partial charge in [0.25, 0.3) is 0 Å². The van der Waals surface area contributed by atoms with E-state index in [2.05, 4.69) is 33.7 Å². The summed E-state index contributed by atoms with van der Waals surface area (Å²) in [6.45, 7) is 9.78. The SMILES string of the molecule is Cc1nccn1CC1(CNC(=O)C(C)n2ccnc2C(C)C)CC1. The van der Waals surface area contributed by atoms with Crippen LogP contribution in [0.5, 0.6) is 0 Å². The number of aromatic nitrogens is 4. The van der Waals surface area contributed by atoms with Gasteiger partial charge in [-0.25, -0.2) is 9.97 Å². The zero-order valence-corrected chi connectivity index (χ0v) is 15.0. The van der Waals surface area contributed by atoms with Crippen LogP contribution in [0.1, 0.15) is 57.2 Å². The molecule has 1 aliphatic carbocycles. The molecule has 1 saturated carbocycles. The third-order valence-corrected chi connectivity index (χ3v) is 5.04. The minimum absolute atomic E-state index is 0.0588. The van der Waals surface area contributed by atoms with Crippen LogP contribution in [-0.2, 0) is 11.3 Å². The van der Waals surface area contributed by atoms with Gasteiger partial charge in [0.2, 0.25) is 5.91 Å². The summed E-state index contributed by atoms with van der Waals surface area (Å²) in [5, 5.41) is 3.15. The molecular formula is C18H27N5O. The van der Waals surface area contributed by atoms with Crippen LogP contribution in [0.2, 0.25) is 0 Å². The molecule has 24 heavy (non-hydrogen) atoms. The van der Waals surface area contributed by atoms with Crippen molar-refractivity contribution < 1.29 is 4.79 Å². The minimum atomic E-state index is -0.240. The van der Waals surface area contributed by atoms with Crippen LogP contribution in [0.15, 0.2) is 24.8 Å². The number of nitrogens with zero attached hydrogens (tertiary/aromatic N) is 4. The lowest BCUT2D eigenvalue weighted by molar-refractivity contribution is -0.124. The van der Waals surface area contributed by atoms with Gasteiger partial charge >= 0.3 is 0 Å². The molecule has 2 heterocycles. The normalized spacial score (nSPS) is 17.0. The maximum absolute atomic E-state index is 12.6. The lowest BCUT2D eigenvalue weighted by Crippen LogP contribution is -2.37. The lowest BCUT2D eigenvalue weighted by atomic mass is 10.1. The Labute approximate surface area is 143 Å². The molecule has 3 rings (SSSR count). The number of aryl methyl sites for hydroxylation is 1. The summed E-state index contributed by atoms with van der Waals surface area (Å²) in [6.07, 6.45) is 9.81. The van der Waals surface area contributed by atoms with Crippen LogP contribution >= 0.6 is 0 Å². The molecule has 0 radical (unpaired) electrons. The molecule has 0 saturated heterocycles. The maximum Gasteiger partial charge on any atom is 0.242 e. The van der Waals surface area contributed by atoms with Gasteiger partial charge in [-0.05, 0) is 26.7 Å². The molecule has 130 valence electrons. The van der Waals surface area contributed by atoms with Crippen LogP contribution in [0.25, 0.3) is 0 Å². The topological polar surface area (TPSA) is 64.7 Å². The third-order valence-electron chi connectivity index (χ3n) is 5.04. The van der Waals surface area contributed by atoms with E-state index in [0.717, 1.165) is 37.6 Å². The first-order valence-corrected chi connectivity index (χ1v) is 8.70. The van der Waals surface area contributed by atoms with E-state index in [1.54, 1.807) is 6.20 Å². The summed E-state index contributed by atoms with van der Waals surface area (Å²) in [5.41, 5.74) is 0.191. The van der Waals surface area contributed by atoms with Gasteiger partial charge in [0.15, 0.2) is 0 Å². The number of carbonyl (C=O) groups is 1.